The summed E-state index contributed by atoms with van der Waals surface area (Å²) in [7, 11) is 2.81. The van der Waals surface area contributed by atoms with Crippen molar-refractivity contribution in [3.63, 3.8) is 0 Å². The molecule has 2 aromatic carbocycles. The van der Waals surface area contributed by atoms with Gasteiger partial charge in [0.05, 0.1) is 52.5 Å². The molecule has 1 aliphatic rings. The zero-order chi connectivity index (χ0) is 27.7. The highest BCUT2D eigenvalue weighted by Gasteiger charge is 2.32. The second kappa shape index (κ2) is 13.9. The zero-order valence-electron chi connectivity index (χ0n) is 23.3. The molecule has 0 aromatic heterocycles. The average Bonchev–Trinajstić information content (AvgIpc) is 3.43. The maximum atomic E-state index is 13.4. The first-order valence-electron chi connectivity index (χ1n) is 13.1. The van der Waals surface area contributed by atoms with Gasteiger partial charge in [0.15, 0.2) is 32.8 Å². The Morgan fingerprint density at radius 2 is 1.37 bits per heavy atom. The fourth-order valence-corrected chi connectivity index (χ4v) is 5.89. The quantitative estimate of drug-likeness (QED) is 0.332. The lowest BCUT2D eigenvalue weighted by molar-refractivity contribution is 0.0435. The molecular formula is C28H41NO8S. The molecule has 2 aromatic rings. The number of hydrogen-bond donors (Lipinski definition) is 1. The van der Waals surface area contributed by atoms with Crippen molar-refractivity contribution in [3.05, 3.63) is 35.4 Å². The molecule has 0 bridgehead atoms. The van der Waals surface area contributed by atoms with Crippen molar-refractivity contribution in [2.24, 2.45) is 0 Å². The molecule has 9 nitrogen and oxygen atoms in total. The Balaban J connectivity index is 2.01. The van der Waals surface area contributed by atoms with Crippen LogP contribution in [0.3, 0.4) is 0 Å². The summed E-state index contributed by atoms with van der Waals surface area (Å²) in [6, 6.07) is 7.33. The maximum Gasteiger partial charge on any atom is 0.203 e. The molecule has 3 rings (SSSR count). The first-order chi connectivity index (χ1) is 18.3. The highest BCUT2D eigenvalue weighted by atomic mass is 32.2. The maximum absolute atomic E-state index is 13.4. The summed E-state index contributed by atoms with van der Waals surface area (Å²) in [4.78, 5) is 0.143. The molecule has 1 fully saturated rings. The van der Waals surface area contributed by atoms with Crippen molar-refractivity contribution in [2.75, 3.05) is 53.9 Å². The predicted octanol–water partition coefficient (Wildman–Crippen LogP) is 4.88. The smallest absolute Gasteiger partial charge is 0.203 e. The van der Waals surface area contributed by atoms with E-state index in [2.05, 4.69) is 5.32 Å². The summed E-state index contributed by atoms with van der Waals surface area (Å²) in [5.41, 5.74) is 1.65. The van der Waals surface area contributed by atoms with Gasteiger partial charge in [0.2, 0.25) is 5.75 Å². The Hall–Kier alpha value is -2.69. The van der Waals surface area contributed by atoms with Crippen LogP contribution in [0.15, 0.2) is 29.2 Å². The molecule has 0 spiro atoms. The van der Waals surface area contributed by atoms with Gasteiger partial charge in [-0.3, -0.25) is 0 Å². The first-order valence-corrected chi connectivity index (χ1v) is 14.7. The molecule has 1 N–H and O–H groups in total. The van der Waals surface area contributed by atoms with Gasteiger partial charge in [-0.1, -0.05) is 13.8 Å². The predicted molar refractivity (Wildman–Crippen MR) is 146 cm³/mol. The molecule has 0 amide bonds. The van der Waals surface area contributed by atoms with Crippen LogP contribution < -0.4 is 29.0 Å². The van der Waals surface area contributed by atoms with Crippen LogP contribution in [-0.4, -0.2) is 62.3 Å². The molecule has 1 saturated heterocycles. The Kier molecular flexibility index (Phi) is 10.9. The number of hydrogen-bond acceptors (Lipinski definition) is 9. The van der Waals surface area contributed by atoms with E-state index in [1.54, 1.807) is 34.4 Å². The molecule has 10 heteroatoms. The van der Waals surface area contributed by atoms with Crippen molar-refractivity contribution in [1.82, 2.24) is 5.32 Å². The van der Waals surface area contributed by atoms with Crippen LogP contribution in [0.25, 0.3) is 0 Å². The third-order valence-corrected chi connectivity index (χ3v) is 8.08. The van der Waals surface area contributed by atoms with Crippen molar-refractivity contribution >= 4 is 9.84 Å². The molecule has 0 radical (unpaired) electrons. The third-order valence-electron chi connectivity index (χ3n) is 6.36. The van der Waals surface area contributed by atoms with Gasteiger partial charge < -0.3 is 33.7 Å². The highest BCUT2D eigenvalue weighted by molar-refractivity contribution is 7.91. The van der Waals surface area contributed by atoms with E-state index < -0.39 is 9.84 Å². The normalized spacial score (nSPS) is 17.3. The third kappa shape index (κ3) is 6.84. The van der Waals surface area contributed by atoms with Gasteiger partial charge in [-0.05, 0) is 68.1 Å². The van der Waals surface area contributed by atoms with Crippen LogP contribution in [0.2, 0.25) is 0 Å². The topological polar surface area (TPSA) is 102 Å². The van der Waals surface area contributed by atoms with Gasteiger partial charge in [0.25, 0.3) is 0 Å². The van der Waals surface area contributed by atoms with Crippen LogP contribution in [0.4, 0.5) is 0 Å². The van der Waals surface area contributed by atoms with Crippen molar-refractivity contribution in [1.29, 1.82) is 0 Å². The lowest BCUT2D eigenvalue weighted by Gasteiger charge is -2.21. The minimum Gasteiger partial charge on any atom is -0.493 e. The second-order valence-corrected chi connectivity index (χ2v) is 11.2. The summed E-state index contributed by atoms with van der Waals surface area (Å²) in [6.45, 7) is 5.14. The molecule has 2 atom stereocenters. The number of sulfone groups is 1. The Bertz CT molecular complexity index is 1140. The molecule has 0 unspecified atom stereocenters. The van der Waals surface area contributed by atoms with Gasteiger partial charge in [0, 0.05) is 6.54 Å². The van der Waals surface area contributed by atoms with E-state index >= 15 is 0 Å². The van der Waals surface area contributed by atoms with Crippen LogP contribution in [0.1, 0.15) is 62.9 Å². The molecule has 38 heavy (non-hydrogen) atoms. The van der Waals surface area contributed by atoms with Crippen molar-refractivity contribution in [2.45, 2.75) is 56.6 Å². The first kappa shape index (κ1) is 29.9. The Morgan fingerprint density at radius 1 is 0.816 bits per heavy atom. The minimum atomic E-state index is -3.64. The summed E-state index contributed by atoms with van der Waals surface area (Å²) in [5.74, 6) is 2.28. The number of methoxy groups -OCH3 is 3. The van der Waals surface area contributed by atoms with E-state index in [1.165, 1.54) is 0 Å². The lowest BCUT2D eigenvalue weighted by atomic mass is 10.0. The summed E-state index contributed by atoms with van der Waals surface area (Å²) < 4.78 is 61.7. The van der Waals surface area contributed by atoms with E-state index in [9.17, 15) is 8.42 Å². The number of ether oxygens (including phenoxy) is 6. The summed E-state index contributed by atoms with van der Waals surface area (Å²) in [6.07, 6.45) is 2.43. The van der Waals surface area contributed by atoms with E-state index in [0.717, 1.165) is 30.4 Å². The van der Waals surface area contributed by atoms with Gasteiger partial charge in [-0.25, -0.2) is 8.42 Å². The fourth-order valence-electron chi connectivity index (χ4n) is 4.44. The van der Waals surface area contributed by atoms with Gasteiger partial charge in [-0.2, -0.15) is 0 Å². The van der Waals surface area contributed by atoms with Gasteiger partial charge in [0.1, 0.15) is 4.90 Å². The Morgan fingerprint density at radius 3 is 1.89 bits per heavy atom. The molecule has 1 heterocycles. The summed E-state index contributed by atoms with van der Waals surface area (Å²) >= 11 is 0. The molecule has 1 aliphatic heterocycles. The highest BCUT2D eigenvalue weighted by Crippen LogP contribution is 2.48. The lowest BCUT2D eigenvalue weighted by Crippen LogP contribution is -2.20. The van der Waals surface area contributed by atoms with Crippen LogP contribution in [-0.2, 0) is 14.6 Å². The second-order valence-electron chi connectivity index (χ2n) is 9.12. The summed E-state index contributed by atoms with van der Waals surface area (Å²) in [5, 5.41) is 2.92. The van der Waals surface area contributed by atoms with E-state index in [1.807, 2.05) is 32.0 Å². The SMILES string of the molecule is CCCOc1cc([C@@H]2CC[C@@H](c3cc(OC)c(OC)c(OC)c3)O2)cc(S(=O)(=O)CCNC)c1OCCC. The Labute approximate surface area is 226 Å². The molecule has 0 saturated carbocycles. The van der Waals surface area contributed by atoms with E-state index in [0.29, 0.717) is 49.2 Å². The van der Waals surface area contributed by atoms with Crippen LogP contribution in [0, 0.1) is 0 Å². The molecule has 212 valence electrons. The molecular weight excluding hydrogens is 510 g/mol. The van der Waals surface area contributed by atoms with Crippen LogP contribution >= 0.6 is 0 Å². The monoisotopic (exact) mass is 551 g/mol. The number of rotatable bonds is 15. The largest absolute Gasteiger partial charge is 0.493 e. The molecule has 0 aliphatic carbocycles. The van der Waals surface area contributed by atoms with Crippen molar-refractivity contribution < 1.29 is 36.8 Å². The average molecular weight is 552 g/mol. The van der Waals surface area contributed by atoms with Gasteiger partial charge in [-0.15, -0.1) is 0 Å². The van der Waals surface area contributed by atoms with Crippen LogP contribution in [0.5, 0.6) is 28.7 Å². The zero-order valence-corrected chi connectivity index (χ0v) is 24.1. The fraction of sp³-hybridized carbons (Fsp3) is 0.571. The van der Waals surface area contributed by atoms with E-state index in [-0.39, 0.29) is 28.6 Å². The minimum absolute atomic E-state index is 0.0533. The standard InChI is InChI=1S/C28H41NO8S/c1-7-12-35-25-17-20(18-26(28(25)36-13-8-2)38(30,31)14-11-29-3)22-10-9-21(37-22)19-15-23(32-4)27(34-6)24(16-19)33-5/h15-18,21-22,29H,7-14H2,1-6H3/t21-,22-/m0/s1. The van der Waals surface area contributed by atoms with Crippen molar-refractivity contribution in [3.8, 4) is 28.7 Å². The number of benzene rings is 2. The van der Waals surface area contributed by atoms with Gasteiger partial charge >= 0.3 is 0 Å². The van der Waals surface area contributed by atoms with E-state index in [4.69, 9.17) is 28.4 Å². The number of nitrogens with one attached hydrogen (secondary N) is 1.